The van der Waals surface area contributed by atoms with Gasteiger partial charge in [0.15, 0.2) is 0 Å². The van der Waals surface area contributed by atoms with Gasteiger partial charge in [-0.25, -0.2) is 17.6 Å². The van der Waals surface area contributed by atoms with Crippen molar-refractivity contribution in [2.75, 3.05) is 13.1 Å². The summed E-state index contributed by atoms with van der Waals surface area (Å²) in [5.74, 6) is -1.85. The summed E-state index contributed by atoms with van der Waals surface area (Å²) < 4.78 is 84.5. The monoisotopic (exact) mass is 414 g/mol. The molecule has 1 aromatic rings. The average Bonchev–Trinajstić information content (AvgIpc) is 2.67. The van der Waals surface area contributed by atoms with Crippen molar-refractivity contribution in [3.8, 4) is 11.5 Å². The summed E-state index contributed by atoms with van der Waals surface area (Å²) in [6, 6.07) is 2.59. The highest BCUT2D eigenvalue weighted by Crippen LogP contribution is 2.28. The number of alkyl halides is 6. The SMILES string of the molecule is O=C(NCC1CCCCN1)c1cc(OC(F)C(F)F)ccc1OC(F)C(F)F. The minimum Gasteiger partial charge on any atom is -0.454 e. The maximum Gasteiger partial charge on any atom is 0.304 e. The molecule has 5 nitrogen and oxygen atoms in total. The van der Waals surface area contributed by atoms with Gasteiger partial charge in [-0.3, -0.25) is 4.79 Å². The molecule has 0 radical (unpaired) electrons. The molecule has 3 atom stereocenters. The maximum atomic E-state index is 13.2. The molecule has 158 valence electrons. The highest BCUT2D eigenvalue weighted by molar-refractivity contribution is 5.97. The van der Waals surface area contributed by atoms with E-state index in [9.17, 15) is 31.1 Å². The first-order valence-electron chi connectivity index (χ1n) is 8.61. The average molecular weight is 414 g/mol. The van der Waals surface area contributed by atoms with Crippen LogP contribution in [-0.2, 0) is 0 Å². The van der Waals surface area contributed by atoms with Crippen LogP contribution >= 0.6 is 0 Å². The Kier molecular flexibility index (Phi) is 8.21. The van der Waals surface area contributed by atoms with Crippen molar-refractivity contribution in [2.24, 2.45) is 0 Å². The van der Waals surface area contributed by atoms with Gasteiger partial charge in [-0.05, 0) is 37.6 Å². The lowest BCUT2D eigenvalue weighted by molar-refractivity contribution is -0.0688. The zero-order valence-electron chi connectivity index (χ0n) is 14.6. The largest absolute Gasteiger partial charge is 0.454 e. The zero-order valence-corrected chi connectivity index (χ0v) is 14.6. The minimum absolute atomic E-state index is 0.00876. The molecule has 1 heterocycles. The second-order valence-electron chi connectivity index (χ2n) is 6.12. The van der Waals surface area contributed by atoms with E-state index < -0.39 is 48.5 Å². The standard InChI is InChI=1S/C17H20F6N2O3/c18-13(19)15(22)27-10-4-5-12(28-16(23)14(20)21)11(7-10)17(26)25-8-9-3-1-2-6-24-9/h4-5,7,9,13-16,24H,1-3,6,8H2,(H,25,26). The van der Waals surface area contributed by atoms with E-state index >= 15 is 0 Å². The first-order chi connectivity index (χ1) is 13.3. The molecule has 2 rings (SSSR count). The number of hydrogen-bond donors (Lipinski definition) is 2. The molecule has 0 bridgehead atoms. The van der Waals surface area contributed by atoms with Crippen LogP contribution in [0, 0.1) is 0 Å². The highest BCUT2D eigenvalue weighted by atomic mass is 19.3. The lowest BCUT2D eigenvalue weighted by Gasteiger charge is -2.24. The predicted octanol–water partition coefficient (Wildman–Crippen LogP) is 3.44. The van der Waals surface area contributed by atoms with Gasteiger partial charge < -0.3 is 20.1 Å². The number of nitrogens with one attached hydrogen (secondary N) is 2. The van der Waals surface area contributed by atoms with E-state index in [-0.39, 0.29) is 12.6 Å². The van der Waals surface area contributed by atoms with E-state index in [1.165, 1.54) is 0 Å². The van der Waals surface area contributed by atoms with Gasteiger partial charge in [-0.2, -0.15) is 8.78 Å². The van der Waals surface area contributed by atoms with Crippen LogP contribution in [0.3, 0.4) is 0 Å². The van der Waals surface area contributed by atoms with Gasteiger partial charge in [0.2, 0.25) is 0 Å². The highest BCUT2D eigenvalue weighted by Gasteiger charge is 2.26. The van der Waals surface area contributed by atoms with Gasteiger partial charge in [-0.15, -0.1) is 0 Å². The molecule has 0 aromatic heterocycles. The van der Waals surface area contributed by atoms with Gasteiger partial charge in [0.05, 0.1) is 5.56 Å². The van der Waals surface area contributed by atoms with Crippen LogP contribution in [0.25, 0.3) is 0 Å². The van der Waals surface area contributed by atoms with Gasteiger partial charge >= 0.3 is 12.9 Å². The Bertz CT molecular complexity index is 643. The Hall–Kier alpha value is -2.17. The fourth-order valence-electron chi connectivity index (χ4n) is 2.63. The summed E-state index contributed by atoms with van der Waals surface area (Å²) in [6.07, 6.45) is -10.1. The number of piperidine rings is 1. The number of carbonyl (C=O) groups excluding carboxylic acids is 1. The van der Waals surface area contributed by atoms with Crippen molar-refractivity contribution in [3.05, 3.63) is 23.8 Å². The van der Waals surface area contributed by atoms with Gasteiger partial charge in [0, 0.05) is 12.6 Å². The third-order valence-corrected chi connectivity index (χ3v) is 4.00. The van der Waals surface area contributed by atoms with Crippen molar-refractivity contribution in [2.45, 2.75) is 50.9 Å². The number of benzene rings is 1. The number of halogens is 6. The van der Waals surface area contributed by atoms with Crippen molar-refractivity contribution < 1.29 is 40.6 Å². The van der Waals surface area contributed by atoms with Crippen molar-refractivity contribution in [3.63, 3.8) is 0 Å². The third kappa shape index (κ3) is 6.47. The minimum atomic E-state index is -3.47. The molecule has 0 saturated carbocycles. The van der Waals surface area contributed by atoms with Crippen molar-refractivity contribution >= 4 is 5.91 Å². The number of ether oxygens (including phenoxy) is 2. The molecule has 3 unspecified atom stereocenters. The fourth-order valence-corrected chi connectivity index (χ4v) is 2.63. The van der Waals surface area contributed by atoms with Crippen LogP contribution in [0.2, 0.25) is 0 Å². The molecule has 1 aliphatic rings. The summed E-state index contributed by atoms with van der Waals surface area (Å²) in [4.78, 5) is 12.4. The maximum absolute atomic E-state index is 13.2. The Labute approximate surface area is 157 Å². The summed E-state index contributed by atoms with van der Waals surface area (Å²) in [6.45, 7) is 0.974. The Morgan fingerprint density at radius 3 is 2.36 bits per heavy atom. The van der Waals surface area contributed by atoms with Crippen molar-refractivity contribution in [1.29, 1.82) is 0 Å². The summed E-state index contributed by atoms with van der Waals surface area (Å²) >= 11 is 0. The first kappa shape index (κ1) is 22.1. The van der Waals surface area contributed by atoms with Gasteiger partial charge in [0.1, 0.15) is 11.5 Å². The van der Waals surface area contributed by atoms with Crippen LogP contribution in [-0.4, -0.2) is 50.6 Å². The summed E-state index contributed by atoms with van der Waals surface area (Å²) in [5, 5.41) is 5.70. The Morgan fingerprint density at radius 1 is 1.07 bits per heavy atom. The van der Waals surface area contributed by atoms with E-state index in [1.807, 2.05) is 0 Å². The van der Waals surface area contributed by atoms with E-state index in [2.05, 4.69) is 20.1 Å². The normalized spacial score (nSPS) is 19.4. The Morgan fingerprint density at radius 2 is 1.75 bits per heavy atom. The first-order valence-corrected chi connectivity index (χ1v) is 8.61. The quantitative estimate of drug-likeness (QED) is 0.608. The number of rotatable bonds is 9. The molecule has 11 heteroatoms. The van der Waals surface area contributed by atoms with E-state index in [0.717, 1.165) is 44.0 Å². The number of carbonyl (C=O) groups is 1. The molecule has 1 fully saturated rings. The van der Waals surface area contributed by atoms with E-state index in [1.54, 1.807) is 0 Å². The van der Waals surface area contributed by atoms with E-state index in [0.29, 0.717) is 0 Å². The molecule has 1 amide bonds. The number of hydrogen-bond acceptors (Lipinski definition) is 4. The molecule has 0 aliphatic carbocycles. The van der Waals surface area contributed by atoms with Crippen LogP contribution in [0.15, 0.2) is 18.2 Å². The molecule has 1 saturated heterocycles. The molecule has 2 N–H and O–H groups in total. The molecular weight excluding hydrogens is 394 g/mol. The molecule has 1 aliphatic heterocycles. The topological polar surface area (TPSA) is 59.6 Å². The van der Waals surface area contributed by atoms with Crippen LogP contribution in [0.5, 0.6) is 11.5 Å². The number of amides is 1. The summed E-state index contributed by atoms with van der Waals surface area (Å²) in [7, 11) is 0. The van der Waals surface area contributed by atoms with Crippen LogP contribution in [0.4, 0.5) is 26.3 Å². The van der Waals surface area contributed by atoms with E-state index in [4.69, 9.17) is 0 Å². The van der Waals surface area contributed by atoms with Crippen LogP contribution < -0.4 is 20.1 Å². The lowest BCUT2D eigenvalue weighted by Crippen LogP contribution is -2.43. The second-order valence-corrected chi connectivity index (χ2v) is 6.12. The fraction of sp³-hybridized carbons (Fsp3) is 0.588. The second kappa shape index (κ2) is 10.4. The summed E-state index contributed by atoms with van der Waals surface area (Å²) in [5.41, 5.74) is -0.446. The smallest absolute Gasteiger partial charge is 0.304 e. The zero-order chi connectivity index (χ0) is 20.7. The third-order valence-electron chi connectivity index (χ3n) is 4.00. The molecule has 28 heavy (non-hydrogen) atoms. The van der Waals surface area contributed by atoms with Crippen molar-refractivity contribution in [1.82, 2.24) is 10.6 Å². The predicted molar refractivity (Wildman–Crippen MR) is 87.5 cm³/mol. The van der Waals surface area contributed by atoms with Gasteiger partial charge in [0.25, 0.3) is 18.6 Å². The van der Waals surface area contributed by atoms with Crippen LogP contribution in [0.1, 0.15) is 29.6 Å². The molecule has 1 aromatic carbocycles. The lowest BCUT2D eigenvalue weighted by atomic mass is 10.0. The molecular formula is C17H20F6N2O3. The Balaban J connectivity index is 2.15. The molecule has 0 spiro atoms. The van der Waals surface area contributed by atoms with Gasteiger partial charge in [-0.1, -0.05) is 6.42 Å².